The maximum absolute atomic E-state index is 12.1. The molecule has 1 spiro atoms. The highest BCUT2D eigenvalue weighted by Crippen LogP contribution is 2.37. The fourth-order valence-electron chi connectivity index (χ4n) is 3.62. The normalized spacial score (nSPS) is 20.2. The topological polar surface area (TPSA) is 73.3 Å². The van der Waals surface area contributed by atoms with Crippen molar-refractivity contribution in [3.8, 4) is 0 Å². The Morgan fingerprint density at radius 3 is 2.69 bits per heavy atom. The summed E-state index contributed by atoms with van der Waals surface area (Å²) in [4.78, 5) is 20.9. The van der Waals surface area contributed by atoms with E-state index in [2.05, 4.69) is 15.3 Å². The first-order chi connectivity index (χ1) is 12.7. The van der Waals surface area contributed by atoms with E-state index < -0.39 is 0 Å². The Kier molecular flexibility index (Phi) is 4.95. The summed E-state index contributed by atoms with van der Waals surface area (Å²) in [5, 5.41) is 2.98. The van der Waals surface area contributed by atoms with E-state index in [1.165, 1.54) is 6.08 Å². The minimum absolute atomic E-state index is 0.103. The number of fused-ring (bicyclic) bond motifs is 1. The van der Waals surface area contributed by atoms with Crippen LogP contribution in [0.15, 0.2) is 36.5 Å². The Hall–Kier alpha value is -2.31. The molecule has 2 fully saturated rings. The molecule has 4 rings (SSSR count). The molecule has 0 unspecified atom stereocenters. The maximum Gasteiger partial charge on any atom is 0.244 e. The number of hydrogen-bond acceptors (Lipinski definition) is 5. The highest BCUT2D eigenvalue weighted by Gasteiger charge is 2.40. The lowest BCUT2D eigenvalue weighted by Crippen LogP contribution is -2.38. The standard InChI is InChI=1S/C20H23N3O3/c24-19(6-5-16-14-21-17-3-1-2-4-18(17)23-16)22-13-15-7-9-20(10-8-15)25-11-12-26-20/h1-6,14-15H,7-13H2,(H,22,24)/b6-5-. The van der Waals surface area contributed by atoms with Gasteiger partial charge in [0.25, 0.3) is 0 Å². The van der Waals surface area contributed by atoms with Crippen LogP contribution in [0, 0.1) is 5.92 Å². The largest absolute Gasteiger partial charge is 0.352 e. The van der Waals surface area contributed by atoms with Gasteiger partial charge in [0.1, 0.15) is 0 Å². The van der Waals surface area contributed by atoms with Crippen LogP contribution in [0.3, 0.4) is 0 Å². The summed E-state index contributed by atoms with van der Waals surface area (Å²) in [5.74, 6) is 0.0367. The third kappa shape index (κ3) is 3.92. The molecule has 0 bridgehead atoms. The van der Waals surface area contributed by atoms with Gasteiger partial charge in [-0.1, -0.05) is 12.1 Å². The molecule has 1 amide bonds. The molecular weight excluding hydrogens is 330 g/mol. The van der Waals surface area contributed by atoms with E-state index in [9.17, 15) is 4.79 Å². The van der Waals surface area contributed by atoms with Gasteiger partial charge in [0.05, 0.1) is 36.1 Å². The van der Waals surface area contributed by atoms with Crippen molar-refractivity contribution in [3.63, 3.8) is 0 Å². The quantitative estimate of drug-likeness (QED) is 0.856. The van der Waals surface area contributed by atoms with Crippen molar-refractivity contribution in [2.75, 3.05) is 19.8 Å². The Morgan fingerprint density at radius 1 is 1.19 bits per heavy atom. The van der Waals surface area contributed by atoms with Crippen molar-refractivity contribution in [3.05, 3.63) is 42.2 Å². The van der Waals surface area contributed by atoms with Crippen LogP contribution in [-0.2, 0) is 14.3 Å². The lowest BCUT2D eigenvalue weighted by atomic mass is 9.85. The molecule has 0 atom stereocenters. The Labute approximate surface area is 152 Å². The van der Waals surface area contributed by atoms with Gasteiger partial charge in [0, 0.05) is 25.5 Å². The van der Waals surface area contributed by atoms with E-state index in [0.717, 1.165) is 36.7 Å². The van der Waals surface area contributed by atoms with Crippen molar-refractivity contribution in [1.29, 1.82) is 0 Å². The number of benzene rings is 1. The monoisotopic (exact) mass is 353 g/mol. The summed E-state index contributed by atoms with van der Waals surface area (Å²) in [5.41, 5.74) is 2.34. The number of ether oxygens (including phenoxy) is 2. The van der Waals surface area contributed by atoms with Gasteiger partial charge in [-0.25, -0.2) is 4.98 Å². The summed E-state index contributed by atoms with van der Waals surface area (Å²) < 4.78 is 11.5. The molecule has 1 N–H and O–H groups in total. The van der Waals surface area contributed by atoms with Crippen LogP contribution in [0.25, 0.3) is 17.1 Å². The van der Waals surface area contributed by atoms with Crippen LogP contribution >= 0.6 is 0 Å². The number of para-hydroxylation sites is 2. The van der Waals surface area contributed by atoms with Gasteiger partial charge in [-0.2, -0.15) is 0 Å². The van der Waals surface area contributed by atoms with E-state index >= 15 is 0 Å². The lowest BCUT2D eigenvalue weighted by Gasteiger charge is -2.35. The summed E-state index contributed by atoms with van der Waals surface area (Å²) >= 11 is 0. The van der Waals surface area contributed by atoms with Gasteiger partial charge in [-0.3, -0.25) is 9.78 Å². The molecule has 1 saturated heterocycles. The number of amides is 1. The van der Waals surface area contributed by atoms with Crippen molar-refractivity contribution < 1.29 is 14.3 Å². The third-order valence-corrected chi connectivity index (χ3v) is 5.12. The fraction of sp³-hybridized carbons (Fsp3) is 0.450. The molecule has 1 aliphatic heterocycles. The molecule has 1 aromatic carbocycles. The number of nitrogens with zero attached hydrogens (tertiary/aromatic N) is 2. The van der Waals surface area contributed by atoms with Gasteiger partial charge in [-0.15, -0.1) is 0 Å². The van der Waals surface area contributed by atoms with Crippen LogP contribution in [0.5, 0.6) is 0 Å². The molecule has 1 saturated carbocycles. The molecule has 26 heavy (non-hydrogen) atoms. The number of hydrogen-bond donors (Lipinski definition) is 1. The zero-order valence-corrected chi connectivity index (χ0v) is 14.7. The lowest BCUT2D eigenvalue weighted by molar-refractivity contribution is -0.182. The van der Waals surface area contributed by atoms with Gasteiger partial charge in [0.15, 0.2) is 5.79 Å². The summed E-state index contributed by atoms with van der Waals surface area (Å²) in [7, 11) is 0. The second-order valence-electron chi connectivity index (χ2n) is 6.91. The summed E-state index contributed by atoms with van der Waals surface area (Å²) in [6.45, 7) is 2.08. The Morgan fingerprint density at radius 2 is 1.92 bits per heavy atom. The fourth-order valence-corrected chi connectivity index (χ4v) is 3.62. The third-order valence-electron chi connectivity index (χ3n) is 5.12. The van der Waals surface area contributed by atoms with E-state index in [4.69, 9.17) is 9.47 Å². The number of rotatable bonds is 4. The first kappa shape index (κ1) is 17.1. The van der Waals surface area contributed by atoms with Crippen molar-refractivity contribution in [2.45, 2.75) is 31.5 Å². The molecule has 0 radical (unpaired) electrons. The predicted molar refractivity (Wildman–Crippen MR) is 98.2 cm³/mol. The zero-order valence-electron chi connectivity index (χ0n) is 14.7. The first-order valence-electron chi connectivity index (χ1n) is 9.18. The smallest absolute Gasteiger partial charge is 0.244 e. The van der Waals surface area contributed by atoms with Crippen LogP contribution < -0.4 is 5.32 Å². The molecule has 136 valence electrons. The first-order valence-corrected chi connectivity index (χ1v) is 9.18. The second kappa shape index (κ2) is 7.51. The number of carbonyl (C=O) groups is 1. The number of carbonyl (C=O) groups excluding carboxylic acids is 1. The zero-order chi connectivity index (χ0) is 17.8. The molecule has 6 heteroatoms. The predicted octanol–water partition coefficient (Wildman–Crippen LogP) is 2.69. The second-order valence-corrected chi connectivity index (χ2v) is 6.91. The van der Waals surface area contributed by atoms with Crippen molar-refractivity contribution in [1.82, 2.24) is 15.3 Å². The molecular formula is C20H23N3O3. The molecule has 6 nitrogen and oxygen atoms in total. The number of aromatic nitrogens is 2. The van der Waals surface area contributed by atoms with E-state index in [1.54, 1.807) is 12.3 Å². The van der Waals surface area contributed by atoms with Crippen LogP contribution in [0.1, 0.15) is 31.4 Å². The summed E-state index contributed by atoms with van der Waals surface area (Å²) in [6.07, 6.45) is 8.75. The van der Waals surface area contributed by atoms with E-state index in [1.807, 2.05) is 24.3 Å². The van der Waals surface area contributed by atoms with Gasteiger partial charge in [0.2, 0.25) is 5.91 Å². The van der Waals surface area contributed by atoms with Crippen molar-refractivity contribution in [2.24, 2.45) is 5.92 Å². The highest BCUT2D eigenvalue weighted by atomic mass is 16.7. The molecule has 1 aliphatic carbocycles. The SMILES string of the molecule is O=C(/C=C\c1cnc2ccccc2n1)NCC1CCC2(CC1)OCCO2. The van der Waals surface area contributed by atoms with Gasteiger partial charge >= 0.3 is 0 Å². The molecule has 1 aromatic heterocycles. The minimum Gasteiger partial charge on any atom is -0.352 e. The Bertz CT molecular complexity index is 805. The van der Waals surface area contributed by atoms with Crippen molar-refractivity contribution >= 4 is 23.0 Å². The highest BCUT2D eigenvalue weighted by molar-refractivity contribution is 5.91. The molecule has 2 aromatic rings. The van der Waals surface area contributed by atoms with Gasteiger partial charge in [-0.05, 0) is 37.0 Å². The van der Waals surface area contributed by atoms with Gasteiger partial charge < -0.3 is 14.8 Å². The molecule has 2 aliphatic rings. The summed E-state index contributed by atoms with van der Waals surface area (Å²) in [6, 6.07) is 7.68. The average Bonchev–Trinajstić information content (AvgIpc) is 3.14. The van der Waals surface area contributed by atoms with E-state index in [-0.39, 0.29) is 11.7 Å². The Balaban J connectivity index is 1.26. The van der Waals surface area contributed by atoms with Crippen LogP contribution in [0.2, 0.25) is 0 Å². The number of nitrogens with one attached hydrogen (secondary N) is 1. The molecule has 2 heterocycles. The van der Waals surface area contributed by atoms with E-state index in [0.29, 0.717) is 31.4 Å². The van der Waals surface area contributed by atoms with Crippen LogP contribution in [0.4, 0.5) is 0 Å². The van der Waals surface area contributed by atoms with Crippen LogP contribution in [-0.4, -0.2) is 41.4 Å². The maximum atomic E-state index is 12.1. The minimum atomic E-state index is -0.338. The average molecular weight is 353 g/mol.